The molecule has 0 amide bonds. The maximum atomic E-state index is 12.3. The molecule has 0 bridgehead atoms. The van der Waals surface area contributed by atoms with Gasteiger partial charge in [0.05, 0.1) is 5.75 Å². The van der Waals surface area contributed by atoms with Crippen LogP contribution in [-0.2, 0) is 26.8 Å². The first-order valence-electron chi connectivity index (χ1n) is 7.69. The van der Waals surface area contributed by atoms with Gasteiger partial charge in [-0.1, -0.05) is 64.0 Å². The fourth-order valence-electron chi connectivity index (χ4n) is 2.16. The van der Waals surface area contributed by atoms with Gasteiger partial charge in [-0.15, -0.1) is 0 Å². The van der Waals surface area contributed by atoms with Crippen molar-refractivity contribution in [3.63, 3.8) is 0 Å². The van der Waals surface area contributed by atoms with Crippen LogP contribution in [0, 0.1) is 0 Å². The highest BCUT2D eigenvalue weighted by Crippen LogP contribution is 2.23. The molecule has 0 saturated heterocycles. The minimum atomic E-state index is -3.34. The van der Waals surface area contributed by atoms with E-state index in [4.69, 9.17) is 4.52 Å². The fourth-order valence-corrected chi connectivity index (χ4v) is 3.45. The molecule has 2 aromatic rings. The van der Waals surface area contributed by atoms with Crippen LogP contribution in [0.1, 0.15) is 63.4 Å². The van der Waals surface area contributed by atoms with Crippen molar-refractivity contribution in [2.45, 2.75) is 57.5 Å². The number of hydrogen-bond acceptors (Lipinski definition) is 5. The molecular weight excluding hydrogens is 312 g/mol. The second-order valence-electron chi connectivity index (χ2n) is 7.18. The molecule has 0 N–H and O–H groups in total. The molecule has 0 aliphatic rings. The van der Waals surface area contributed by atoms with Crippen LogP contribution in [0.25, 0.3) is 0 Å². The van der Waals surface area contributed by atoms with Gasteiger partial charge in [-0.2, -0.15) is 4.98 Å². The quantitative estimate of drug-likeness (QED) is 0.834. The minimum absolute atomic E-state index is 0.0309. The lowest BCUT2D eigenvalue weighted by Gasteiger charge is -2.19. The van der Waals surface area contributed by atoms with E-state index < -0.39 is 9.84 Å². The van der Waals surface area contributed by atoms with E-state index in [-0.39, 0.29) is 28.7 Å². The van der Waals surface area contributed by atoms with E-state index in [1.807, 2.05) is 38.1 Å². The lowest BCUT2D eigenvalue weighted by molar-refractivity contribution is 0.380. The summed E-state index contributed by atoms with van der Waals surface area (Å²) < 4.78 is 29.6. The van der Waals surface area contributed by atoms with Crippen molar-refractivity contribution >= 4 is 9.84 Å². The van der Waals surface area contributed by atoms with Crippen molar-refractivity contribution in [2.75, 3.05) is 0 Å². The molecule has 5 nitrogen and oxygen atoms in total. The van der Waals surface area contributed by atoms with Crippen LogP contribution < -0.4 is 0 Å². The van der Waals surface area contributed by atoms with E-state index in [2.05, 4.69) is 30.9 Å². The van der Waals surface area contributed by atoms with Crippen LogP contribution in [0.5, 0.6) is 0 Å². The summed E-state index contributed by atoms with van der Waals surface area (Å²) in [7, 11) is -3.34. The Morgan fingerprint density at radius 2 is 1.70 bits per heavy atom. The molecule has 0 aliphatic heterocycles. The molecule has 0 spiro atoms. The van der Waals surface area contributed by atoms with E-state index in [0.717, 1.165) is 5.56 Å². The molecule has 0 saturated carbocycles. The number of sulfone groups is 1. The summed E-state index contributed by atoms with van der Waals surface area (Å²) >= 11 is 0. The van der Waals surface area contributed by atoms with E-state index in [9.17, 15) is 8.42 Å². The van der Waals surface area contributed by atoms with Gasteiger partial charge in [-0.05, 0) is 16.5 Å². The van der Waals surface area contributed by atoms with Crippen LogP contribution in [0.15, 0.2) is 28.8 Å². The summed E-state index contributed by atoms with van der Waals surface area (Å²) in [6.45, 7) is 10.2. The highest BCUT2D eigenvalue weighted by atomic mass is 32.2. The zero-order valence-electron chi connectivity index (χ0n) is 14.3. The third-order valence-electron chi connectivity index (χ3n) is 3.55. The topological polar surface area (TPSA) is 73.1 Å². The summed E-state index contributed by atoms with van der Waals surface area (Å²) in [6, 6.07) is 7.69. The lowest BCUT2D eigenvalue weighted by atomic mass is 9.87. The summed E-state index contributed by atoms with van der Waals surface area (Å²) in [6.07, 6.45) is 0. The molecule has 0 unspecified atom stereocenters. The molecule has 1 aromatic heterocycles. The molecule has 23 heavy (non-hydrogen) atoms. The van der Waals surface area contributed by atoms with Crippen LogP contribution in [0.2, 0.25) is 0 Å². The molecule has 1 aromatic carbocycles. The van der Waals surface area contributed by atoms with Crippen LogP contribution in [-0.4, -0.2) is 18.6 Å². The number of hydrogen-bond donors (Lipinski definition) is 0. The molecule has 0 atom stereocenters. The number of rotatable bonds is 5. The van der Waals surface area contributed by atoms with E-state index in [1.165, 1.54) is 5.56 Å². The van der Waals surface area contributed by atoms with Gasteiger partial charge in [0.15, 0.2) is 15.7 Å². The Balaban J connectivity index is 2.08. The molecule has 126 valence electrons. The second-order valence-corrected chi connectivity index (χ2v) is 9.24. The van der Waals surface area contributed by atoms with Gasteiger partial charge in [-0.3, -0.25) is 0 Å². The third-order valence-corrected chi connectivity index (χ3v) is 5.01. The first-order chi connectivity index (χ1) is 10.6. The predicted octanol–water partition coefficient (Wildman–Crippen LogP) is 3.61. The van der Waals surface area contributed by atoms with Gasteiger partial charge in [-0.25, -0.2) is 8.42 Å². The fraction of sp³-hybridized carbons (Fsp3) is 0.529. The maximum Gasteiger partial charge on any atom is 0.241 e. The SMILES string of the molecule is CC(C)c1noc(CS(=O)(=O)Cc2ccc(C(C)(C)C)cc2)n1. The van der Waals surface area contributed by atoms with Crippen molar-refractivity contribution in [3.05, 3.63) is 47.1 Å². The van der Waals surface area contributed by atoms with Crippen LogP contribution in [0.4, 0.5) is 0 Å². The van der Waals surface area contributed by atoms with Crippen LogP contribution in [0.3, 0.4) is 0 Å². The summed E-state index contributed by atoms with van der Waals surface area (Å²) in [5.41, 5.74) is 1.99. The Morgan fingerprint density at radius 3 is 2.17 bits per heavy atom. The van der Waals surface area contributed by atoms with Crippen molar-refractivity contribution < 1.29 is 12.9 Å². The lowest BCUT2D eigenvalue weighted by Crippen LogP contribution is -2.12. The Kier molecular flexibility index (Phi) is 4.94. The molecule has 0 radical (unpaired) electrons. The molecule has 0 fully saturated rings. The number of nitrogens with zero attached hydrogens (tertiary/aromatic N) is 2. The molecule has 0 aliphatic carbocycles. The molecule has 6 heteroatoms. The van der Waals surface area contributed by atoms with Crippen LogP contribution >= 0.6 is 0 Å². The standard InChI is InChI=1S/C17H24N2O3S/c1-12(2)16-18-15(22-19-16)11-23(20,21)10-13-6-8-14(9-7-13)17(3,4)5/h6-9,12H,10-11H2,1-5H3. The van der Waals surface area contributed by atoms with Gasteiger partial charge in [0, 0.05) is 5.92 Å². The summed E-state index contributed by atoms with van der Waals surface area (Å²) in [4.78, 5) is 4.13. The summed E-state index contributed by atoms with van der Waals surface area (Å²) in [5, 5.41) is 3.79. The van der Waals surface area contributed by atoms with Gasteiger partial charge in [0.2, 0.25) is 5.89 Å². The highest BCUT2D eigenvalue weighted by molar-refractivity contribution is 7.89. The average molecular weight is 336 g/mol. The van der Waals surface area contributed by atoms with Crippen molar-refractivity contribution in [1.29, 1.82) is 0 Å². The predicted molar refractivity (Wildman–Crippen MR) is 89.9 cm³/mol. The molecular formula is C17H24N2O3S. The van der Waals surface area contributed by atoms with Gasteiger partial charge in [0.1, 0.15) is 5.75 Å². The number of benzene rings is 1. The highest BCUT2D eigenvalue weighted by Gasteiger charge is 2.20. The number of aromatic nitrogens is 2. The maximum absolute atomic E-state index is 12.3. The molecule has 1 heterocycles. The monoisotopic (exact) mass is 336 g/mol. The normalized spacial score (nSPS) is 12.8. The zero-order valence-corrected chi connectivity index (χ0v) is 15.1. The van der Waals surface area contributed by atoms with Gasteiger partial charge >= 0.3 is 0 Å². The Morgan fingerprint density at radius 1 is 1.09 bits per heavy atom. The first kappa shape index (κ1) is 17.7. The largest absolute Gasteiger partial charge is 0.338 e. The van der Waals surface area contributed by atoms with E-state index in [0.29, 0.717) is 5.82 Å². The first-order valence-corrected chi connectivity index (χ1v) is 9.51. The van der Waals surface area contributed by atoms with E-state index >= 15 is 0 Å². The minimum Gasteiger partial charge on any atom is -0.338 e. The van der Waals surface area contributed by atoms with Crippen molar-refractivity contribution in [1.82, 2.24) is 10.1 Å². The second kappa shape index (κ2) is 6.43. The Labute approximate surface area is 138 Å². The van der Waals surface area contributed by atoms with Gasteiger partial charge < -0.3 is 4.52 Å². The van der Waals surface area contributed by atoms with Crippen molar-refractivity contribution in [3.8, 4) is 0 Å². The average Bonchev–Trinajstić information content (AvgIpc) is 2.85. The molecule has 2 rings (SSSR count). The third kappa shape index (κ3) is 4.89. The van der Waals surface area contributed by atoms with E-state index in [1.54, 1.807) is 0 Å². The van der Waals surface area contributed by atoms with Crippen molar-refractivity contribution in [2.24, 2.45) is 0 Å². The van der Waals surface area contributed by atoms with Gasteiger partial charge in [0.25, 0.3) is 0 Å². The summed E-state index contributed by atoms with van der Waals surface area (Å²) in [5.74, 6) is 0.537. The zero-order chi connectivity index (χ0) is 17.3. The Hall–Kier alpha value is -1.69. The Bertz CT molecular complexity index is 754. The smallest absolute Gasteiger partial charge is 0.241 e.